The lowest BCUT2D eigenvalue weighted by Gasteiger charge is -2.20. The lowest BCUT2D eigenvalue weighted by molar-refractivity contribution is 0.0696. The normalized spacial score (nSPS) is 10.3. The molecule has 1 N–H and O–H groups in total. The van der Waals surface area contributed by atoms with Crippen molar-refractivity contribution in [2.24, 2.45) is 0 Å². The molecule has 0 radical (unpaired) electrons. The van der Waals surface area contributed by atoms with Gasteiger partial charge in [0.15, 0.2) is 11.6 Å². The fourth-order valence-electron chi connectivity index (χ4n) is 1.69. The molecule has 0 saturated heterocycles. The zero-order valence-corrected chi connectivity index (χ0v) is 9.97. The van der Waals surface area contributed by atoms with Crippen LogP contribution in [0.25, 0.3) is 0 Å². The van der Waals surface area contributed by atoms with E-state index in [1.54, 1.807) is 12.1 Å². The maximum Gasteiger partial charge on any atom is 0.335 e. The second-order valence-electron chi connectivity index (χ2n) is 3.86. The van der Waals surface area contributed by atoms with Gasteiger partial charge in [0.1, 0.15) is 5.69 Å². The average molecular weight is 264 g/mol. The number of pyridine rings is 1. The van der Waals surface area contributed by atoms with Gasteiger partial charge in [-0.2, -0.15) is 0 Å². The van der Waals surface area contributed by atoms with Crippen LogP contribution in [0.3, 0.4) is 0 Å². The monoisotopic (exact) mass is 264 g/mol. The molecule has 0 aliphatic rings. The highest BCUT2D eigenvalue weighted by molar-refractivity contribution is 5.88. The quantitative estimate of drug-likeness (QED) is 0.926. The third-order valence-electron chi connectivity index (χ3n) is 2.63. The van der Waals surface area contributed by atoms with Gasteiger partial charge in [0.2, 0.25) is 0 Å². The molecule has 1 heterocycles. The minimum absolute atomic E-state index is 0.321. The first-order chi connectivity index (χ1) is 9.00. The second kappa shape index (κ2) is 5.01. The Labute approximate surface area is 107 Å². The van der Waals surface area contributed by atoms with E-state index in [0.29, 0.717) is 5.69 Å². The van der Waals surface area contributed by atoms with Crippen molar-refractivity contribution in [3.8, 4) is 0 Å². The predicted molar refractivity (Wildman–Crippen MR) is 65.6 cm³/mol. The molecule has 1 aromatic carbocycles. The summed E-state index contributed by atoms with van der Waals surface area (Å²) in [5.74, 6) is -3.26. The highest BCUT2D eigenvalue weighted by Gasteiger charge is 2.18. The Balaban J connectivity index is 2.49. The third kappa shape index (κ3) is 2.52. The van der Waals surface area contributed by atoms with E-state index in [1.165, 1.54) is 24.3 Å². The number of rotatable bonds is 3. The van der Waals surface area contributed by atoms with Gasteiger partial charge in [0, 0.05) is 13.2 Å². The van der Waals surface area contributed by atoms with Crippen molar-refractivity contribution in [3.63, 3.8) is 0 Å². The molecule has 2 rings (SSSR count). The molecule has 19 heavy (non-hydrogen) atoms. The molecule has 0 aliphatic carbocycles. The highest BCUT2D eigenvalue weighted by atomic mass is 19.1. The smallest absolute Gasteiger partial charge is 0.335 e. The standard InChI is InChI=1S/C13H10F2N2O2/c1-17(9-3-2-4-16-7-9)12-10(14)5-8(13(18)19)6-11(12)15/h2-7H,1H3,(H,18,19). The van der Waals surface area contributed by atoms with Crippen LogP contribution in [0.4, 0.5) is 20.2 Å². The molecule has 4 nitrogen and oxygen atoms in total. The van der Waals surface area contributed by atoms with Crippen LogP contribution in [0.2, 0.25) is 0 Å². The second-order valence-corrected chi connectivity index (χ2v) is 3.86. The molecule has 0 unspecified atom stereocenters. The minimum atomic E-state index is -1.38. The summed E-state index contributed by atoms with van der Waals surface area (Å²) in [6.07, 6.45) is 2.99. The summed E-state index contributed by atoms with van der Waals surface area (Å²) >= 11 is 0. The lowest BCUT2D eigenvalue weighted by Crippen LogP contribution is -2.14. The number of aromatic nitrogens is 1. The van der Waals surface area contributed by atoms with Gasteiger partial charge in [0.25, 0.3) is 0 Å². The first-order valence-corrected chi connectivity index (χ1v) is 5.37. The fourth-order valence-corrected chi connectivity index (χ4v) is 1.69. The van der Waals surface area contributed by atoms with Crippen LogP contribution in [0.5, 0.6) is 0 Å². The largest absolute Gasteiger partial charge is 0.478 e. The Morgan fingerprint density at radius 1 is 1.32 bits per heavy atom. The molecule has 0 atom stereocenters. The van der Waals surface area contributed by atoms with E-state index in [2.05, 4.69) is 4.98 Å². The molecule has 0 aliphatic heterocycles. The summed E-state index contributed by atoms with van der Waals surface area (Å²) in [6, 6.07) is 4.84. The molecule has 6 heteroatoms. The molecule has 1 aromatic heterocycles. The molecule has 98 valence electrons. The van der Waals surface area contributed by atoms with Crippen LogP contribution >= 0.6 is 0 Å². The molecule has 2 aromatic rings. The maximum atomic E-state index is 13.8. The summed E-state index contributed by atoms with van der Waals surface area (Å²) in [7, 11) is 1.47. The van der Waals surface area contributed by atoms with E-state index in [-0.39, 0.29) is 5.69 Å². The van der Waals surface area contributed by atoms with E-state index in [4.69, 9.17) is 5.11 Å². The van der Waals surface area contributed by atoms with Crippen molar-refractivity contribution in [1.82, 2.24) is 4.98 Å². The molecule has 0 fully saturated rings. The molecule has 0 bridgehead atoms. The number of carboxylic acid groups (broad SMARTS) is 1. The SMILES string of the molecule is CN(c1cccnc1)c1c(F)cc(C(=O)O)cc1F. The molecule has 0 spiro atoms. The number of nitrogens with zero attached hydrogens (tertiary/aromatic N) is 2. The zero-order chi connectivity index (χ0) is 14.0. The van der Waals surface area contributed by atoms with Crippen molar-refractivity contribution in [3.05, 3.63) is 53.9 Å². The van der Waals surface area contributed by atoms with E-state index in [1.807, 2.05) is 0 Å². The van der Waals surface area contributed by atoms with Gasteiger partial charge in [-0.3, -0.25) is 4.98 Å². The van der Waals surface area contributed by atoms with Crippen LogP contribution in [-0.2, 0) is 0 Å². The fraction of sp³-hybridized carbons (Fsp3) is 0.0769. The van der Waals surface area contributed by atoms with Gasteiger partial charge in [0.05, 0.1) is 17.4 Å². The lowest BCUT2D eigenvalue weighted by atomic mass is 10.1. The van der Waals surface area contributed by atoms with Crippen molar-refractivity contribution in [2.75, 3.05) is 11.9 Å². The van der Waals surface area contributed by atoms with Crippen LogP contribution in [0, 0.1) is 11.6 Å². The van der Waals surface area contributed by atoms with Gasteiger partial charge < -0.3 is 10.0 Å². The van der Waals surface area contributed by atoms with Crippen molar-refractivity contribution in [1.29, 1.82) is 0 Å². The highest BCUT2D eigenvalue weighted by Crippen LogP contribution is 2.29. The predicted octanol–water partition coefficient (Wildman–Crippen LogP) is 2.83. The topological polar surface area (TPSA) is 53.4 Å². The van der Waals surface area contributed by atoms with Gasteiger partial charge in [-0.05, 0) is 24.3 Å². The van der Waals surface area contributed by atoms with Crippen molar-refractivity contribution < 1.29 is 18.7 Å². The number of carbonyl (C=O) groups is 1. The van der Waals surface area contributed by atoms with Crippen LogP contribution in [-0.4, -0.2) is 23.1 Å². The summed E-state index contributed by atoms with van der Waals surface area (Å²) in [5, 5.41) is 8.72. The molecular weight excluding hydrogens is 254 g/mol. The number of hydrogen-bond donors (Lipinski definition) is 1. The van der Waals surface area contributed by atoms with Crippen molar-refractivity contribution in [2.45, 2.75) is 0 Å². The Morgan fingerprint density at radius 3 is 2.42 bits per heavy atom. The summed E-state index contributed by atoms with van der Waals surface area (Å²) in [6.45, 7) is 0. The zero-order valence-electron chi connectivity index (χ0n) is 9.97. The molecule has 0 saturated carbocycles. The van der Waals surface area contributed by atoms with E-state index in [9.17, 15) is 13.6 Å². The number of anilines is 2. The summed E-state index contributed by atoms with van der Waals surface area (Å²) in [5.41, 5.74) is -0.264. The summed E-state index contributed by atoms with van der Waals surface area (Å²) in [4.78, 5) is 15.8. The third-order valence-corrected chi connectivity index (χ3v) is 2.63. The van der Waals surface area contributed by atoms with E-state index >= 15 is 0 Å². The first kappa shape index (κ1) is 12.9. The number of halogens is 2. The maximum absolute atomic E-state index is 13.8. The van der Waals surface area contributed by atoms with Crippen LogP contribution in [0.15, 0.2) is 36.7 Å². The summed E-state index contributed by atoms with van der Waals surface area (Å²) < 4.78 is 27.7. The Morgan fingerprint density at radius 2 is 1.95 bits per heavy atom. The number of aromatic carboxylic acids is 1. The molecule has 0 amide bonds. The van der Waals surface area contributed by atoms with Gasteiger partial charge in [-0.1, -0.05) is 0 Å². The Hall–Kier alpha value is -2.50. The van der Waals surface area contributed by atoms with Gasteiger partial charge in [-0.15, -0.1) is 0 Å². The first-order valence-electron chi connectivity index (χ1n) is 5.37. The van der Waals surface area contributed by atoms with E-state index < -0.39 is 23.2 Å². The van der Waals surface area contributed by atoms with Gasteiger partial charge in [-0.25, -0.2) is 13.6 Å². The van der Waals surface area contributed by atoms with E-state index in [0.717, 1.165) is 12.1 Å². The Kier molecular flexibility index (Phi) is 3.41. The number of carboxylic acids is 1. The Bertz CT molecular complexity index is 594. The van der Waals surface area contributed by atoms with Crippen LogP contribution in [0.1, 0.15) is 10.4 Å². The van der Waals surface area contributed by atoms with Crippen LogP contribution < -0.4 is 4.90 Å². The number of benzene rings is 1. The minimum Gasteiger partial charge on any atom is -0.478 e. The van der Waals surface area contributed by atoms with Crippen molar-refractivity contribution >= 4 is 17.3 Å². The van der Waals surface area contributed by atoms with Gasteiger partial charge >= 0.3 is 5.97 Å². The average Bonchev–Trinajstić information content (AvgIpc) is 2.38. The molecular formula is C13H10F2N2O2. The number of hydrogen-bond acceptors (Lipinski definition) is 3.